The van der Waals surface area contributed by atoms with Gasteiger partial charge in [0.1, 0.15) is 16.7 Å². The minimum absolute atomic E-state index is 0.0406. The molecule has 0 saturated carbocycles. The third-order valence-corrected chi connectivity index (χ3v) is 5.16. The van der Waals surface area contributed by atoms with E-state index in [9.17, 15) is 4.79 Å². The van der Waals surface area contributed by atoms with Gasteiger partial charge in [0.05, 0.1) is 5.69 Å². The van der Waals surface area contributed by atoms with Gasteiger partial charge in [-0.1, -0.05) is 35.0 Å². The van der Waals surface area contributed by atoms with Crippen molar-refractivity contribution in [3.8, 4) is 0 Å². The molecule has 110 valence electrons. The topological polar surface area (TPSA) is 46.3 Å². The van der Waals surface area contributed by atoms with Crippen LogP contribution in [0.2, 0.25) is 5.02 Å². The standard InChI is InChI=1S/C15H15ClN2O2S/c1-9-13(10(2)20-17-9)14(19)18-7-8-21-15(18)11-5-3-4-6-12(11)16/h3-6,15H,7-8H2,1-2H3. The molecule has 1 atom stereocenters. The van der Waals surface area contributed by atoms with Crippen LogP contribution in [0.15, 0.2) is 28.8 Å². The van der Waals surface area contributed by atoms with Crippen molar-refractivity contribution in [1.29, 1.82) is 0 Å². The van der Waals surface area contributed by atoms with Crippen molar-refractivity contribution in [2.75, 3.05) is 12.3 Å². The average Bonchev–Trinajstić information content (AvgIpc) is 3.06. The number of thioether (sulfide) groups is 1. The van der Waals surface area contributed by atoms with Gasteiger partial charge in [0.25, 0.3) is 5.91 Å². The summed E-state index contributed by atoms with van der Waals surface area (Å²) in [5, 5.41) is 4.50. The first-order valence-corrected chi connectivity index (χ1v) is 8.12. The van der Waals surface area contributed by atoms with Gasteiger partial charge in [-0.2, -0.15) is 0 Å². The maximum Gasteiger partial charge on any atom is 0.260 e. The molecule has 6 heteroatoms. The van der Waals surface area contributed by atoms with Gasteiger partial charge in [-0.25, -0.2) is 0 Å². The number of rotatable bonds is 2. The van der Waals surface area contributed by atoms with Crippen LogP contribution in [0.5, 0.6) is 0 Å². The Bertz CT molecular complexity index is 667. The fourth-order valence-electron chi connectivity index (χ4n) is 2.54. The third kappa shape index (κ3) is 2.56. The van der Waals surface area contributed by atoms with Crippen LogP contribution in [0.25, 0.3) is 0 Å². The minimum Gasteiger partial charge on any atom is -0.361 e. The van der Waals surface area contributed by atoms with E-state index in [0.29, 0.717) is 28.6 Å². The van der Waals surface area contributed by atoms with Gasteiger partial charge in [-0.05, 0) is 19.9 Å². The zero-order valence-corrected chi connectivity index (χ0v) is 13.4. The molecule has 0 spiro atoms. The van der Waals surface area contributed by atoms with Gasteiger partial charge < -0.3 is 9.42 Å². The van der Waals surface area contributed by atoms with Crippen molar-refractivity contribution in [3.63, 3.8) is 0 Å². The number of carbonyl (C=O) groups is 1. The molecule has 1 saturated heterocycles. The SMILES string of the molecule is Cc1noc(C)c1C(=O)N1CCSC1c1ccccc1Cl. The molecule has 3 rings (SSSR count). The molecule has 2 aromatic rings. The summed E-state index contributed by atoms with van der Waals surface area (Å²) < 4.78 is 5.11. The van der Waals surface area contributed by atoms with Crippen molar-refractivity contribution in [3.05, 3.63) is 51.9 Å². The lowest BCUT2D eigenvalue weighted by Crippen LogP contribution is -2.31. The molecule has 1 amide bonds. The summed E-state index contributed by atoms with van der Waals surface area (Å²) >= 11 is 8.00. The molecule has 0 radical (unpaired) electrons. The molecular weight excluding hydrogens is 308 g/mol. The number of carbonyl (C=O) groups excluding carboxylic acids is 1. The Morgan fingerprint density at radius 3 is 2.86 bits per heavy atom. The molecule has 1 aromatic carbocycles. The molecule has 1 unspecified atom stereocenters. The molecule has 21 heavy (non-hydrogen) atoms. The number of hydrogen-bond donors (Lipinski definition) is 0. The number of amides is 1. The molecule has 1 aliphatic heterocycles. The van der Waals surface area contributed by atoms with E-state index in [1.165, 1.54) is 0 Å². The van der Waals surface area contributed by atoms with Crippen LogP contribution in [0.1, 0.15) is 32.7 Å². The Hall–Kier alpha value is -1.46. The second-order valence-corrected chi connectivity index (χ2v) is 6.54. The highest BCUT2D eigenvalue weighted by Crippen LogP contribution is 2.41. The first-order valence-electron chi connectivity index (χ1n) is 6.69. The summed E-state index contributed by atoms with van der Waals surface area (Å²) in [6.07, 6.45) is 0. The summed E-state index contributed by atoms with van der Waals surface area (Å²) in [4.78, 5) is 14.7. The molecule has 0 aliphatic carbocycles. The monoisotopic (exact) mass is 322 g/mol. The Kier molecular flexibility index (Phi) is 3.95. The van der Waals surface area contributed by atoms with Crippen molar-refractivity contribution >= 4 is 29.3 Å². The van der Waals surface area contributed by atoms with Crippen molar-refractivity contribution in [2.45, 2.75) is 19.2 Å². The highest BCUT2D eigenvalue weighted by Gasteiger charge is 2.34. The predicted octanol–water partition coefficient (Wildman–Crippen LogP) is 3.83. The summed E-state index contributed by atoms with van der Waals surface area (Å²) in [6.45, 7) is 4.25. The van der Waals surface area contributed by atoms with E-state index in [0.717, 1.165) is 11.3 Å². The van der Waals surface area contributed by atoms with E-state index in [2.05, 4.69) is 5.16 Å². The molecule has 1 aromatic heterocycles. The number of aryl methyl sites for hydroxylation is 2. The summed E-state index contributed by atoms with van der Waals surface area (Å²) in [6, 6.07) is 7.66. The fraction of sp³-hybridized carbons (Fsp3) is 0.333. The maximum absolute atomic E-state index is 12.8. The van der Waals surface area contributed by atoms with Crippen LogP contribution >= 0.6 is 23.4 Å². The lowest BCUT2D eigenvalue weighted by Gasteiger charge is -2.24. The molecule has 0 bridgehead atoms. The predicted molar refractivity (Wildman–Crippen MR) is 83.7 cm³/mol. The number of aromatic nitrogens is 1. The van der Waals surface area contributed by atoms with Crippen molar-refractivity contribution in [2.24, 2.45) is 0 Å². The van der Waals surface area contributed by atoms with Gasteiger partial charge in [0, 0.05) is 22.9 Å². The first kappa shape index (κ1) is 14.5. The van der Waals surface area contributed by atoms with E-state index in [1.807, 2.05) is 29.2 Å². The summed E-state index contributed by atoms with van der Waals surface area (Å²) in [7, 11) is 0. The van der Waals surface area contributed by atoms with Crippen molar-refractivity contribution < 1.29 is 9.32 Å². The Labute approximate surface area is 132 Å². The molecule has 1 fully saturated rings. The van der Waals surface area contributed by atoms with Crippen LogP contribution < -0.4 is 0 Å². The van der Waals surface area contributed by atoms with Crippen LogP contribution in [-0.2, 0) is 0 Å². The van der Waals surface area contributed by atoms with Crippen LogP contribution in [0, 0.1) is 13.8 Å². The number of benzene rings is 1. The van der Waals surface area contributed by atoms with Crippen LogP contribution in [0.4, 0.5) is 0 Å². The van der Waals surface area contributed by atoms with E-state index in [-0.39, 0.29) is 11.3 Å². The van der Waals surface area contributed by atoms with Gasteiger partial charge in [0.2, 0.25) is 0 Å². The molecule has 1 aliphatic rings. The molecule has 0 N–H and O–H groups in total. The van der Waals surface area contributed by atoms with Gasteiger partial charge in [-0.15, -0.1) is 11.8 Å². The van der Waals surface area contributed by atoms with Crippen LogP contribution in [-0.4, -0.2) is 28.3 Å². The number of halogens is 1. The maximum atomic E-state index is 12.8. The Morgan fingerprint density at radius 1 is 1.43 bits per heavy atom. The average molecular weight is 323 g/mol. The van der Waals surface area contributed by atoms with Gasteiger partial charge in [-0.3, -0.25) is 4.79 Å². The van der Waals surface area contributed by atoms with Crippen molar-refractivity contribution in [1.82, 2.24) is 10.1 Å². The third-order valence-electron chi connectivity index (χ3n) is 3.57. The summed E-state index contributed by atoms with van der Waals surface area (Å²) in [5.41, 5.74) is 2.17. The lowest BCUT2D eigenvalue weighted by molar-refractivity contribution is 0.0758. The molecule has 2 heterocycles. The minimum atomic E-state index is -0.0556. The first-order chi connectivity index (χ1) is 10.1. The highest BCUT2D eigenvalue weighted by atomic mass is 35.5. The normalized spacial score (nSPS) is 18.2. The fourth-order valence-corrected chi connectivity index (χ4v) is 4.14. The van der Waals surface area contributed by atoms with E-state index < -0.39 is 0 Å². The molecule has 4 nitrogen and oxygen atoms in total. The molecular formula is C15H15ClN2O2S. The van der Waals surface area contributed by atoms with E-state index >= 15 is 0 Å². The zero-order valence-electron chi connectivity index (χ0n) is 11.8. The second-order valence-electron chi connectivity index (χ2n) is 4.94. The van der Waals surface area contributed by atoms with E-state index in [4.69, 9.17) is 16.1 Å². The van der Waals surface area contributed by atoms with Gasteiger partial charge >= 0.3 is 0 Å². The number of hydrogen-bond acceptors (Lipinski definition) is 4. The van der Waals surface area contributed by atoms with Gasteiger partial charge in [0.15, 0.2) is 0 Å². The highest BCUT2D eigenvalue weighted by molar-refractivity contribution is 7.99. The Balaban J connectivity index is 1.95. The second kappa shape index (κ2) is 5.73. The van der Waals surface area contributed by atoms with E-state index in [1.54, 1.807) is 25.6 Å². The largest absolute Gasteiger partial charge is 0.361 e. The Morgan fingerprint density at radius 2 is 2.19 bits per heavy atom. The quantitative estimate of drug-likeness (QED) is 0.843. The van der Waals surface area contributed by atoms with Crippen LogP contribution in [0.3, 0.4) is 0 Å². The number of nitrogens with zero attached hydrogens (tertiary/aromatic N) is 2. The zero-order chi connectivity index (χ0) is 15.0. The lowest BCUT2D eigenvalue weighted by atomic mass is 10.1. The smallest absolute Gasteiger partial charge is 0.260 e. The summed E-state index contributed by atoms with van der Waals surface area (Å²) in [5.74, 6) is 1.42.